The molecule has 3 nitrogen and oxygen atoms in total. The van der Waals surface area contributed by atoms with E-state index in [9.17, 15) is 4.79 Å². The normalized spacial score (nSPS) is 27.4. The molecule has 0 amide bonds. The van der Waals surface area contributed by atoms with Gasteiger partial charge in [-0.2, -0.15) is 5.06 Å². The van der Waals surface area contributed by atoms with Crippen molar-refractivity contribution in [2.24, 2.45) is 0 Å². The Morgan fingerprint density at radius 2 is 2.56 bits per heavy atom. The van der Waals surface area contributed by atoms with E-state index in [2.05, 4.69) is 0 Å². The lowest BCUT2D eigenvalue weighted by Crippen LogP contribution is -2.46. The lowest BCUT2D eigenvalue weighted by atomic mass is 10.3. The van der Waals surface area contributed by atoms with Gasteiger partial charge in [-0.25, -0.2) is 0 Å². The van der Waals surface area contributed by atoms with Crippen molar-refractivity contribution in [1.29, 1.82) is 0 Å². The van der Waals surface area contributed by atoms with Gasteiger partial charge in [-0.05, 0) is 6.92 Å². The maximum atomic E-state index is 9.85. The molecule has 0 saturated carbocycles. The molecule has 0 bridgehead atoms. The number of rotatable bonds is 3. The lowest BCUT2D eigenvalue weighted by Gasteiger charge is -2.35. The third-order valence-electron chi connectivity index (χ3n) is 1.29. The molecule has 1 aliphatic rings. The van der Waals surface area contributed by atoms with Gasteiger partial charge in [0, 0.05) is 13.0 Å². The molecule has 0 N–H and O–H groups in total. The van der Waals surface area contributed by atoms with Crippen molar-refractivity contribution in [1.82, 2.24) is 5.06 Å². The fourth-order valence-corrected chi connectivity index (χ4v) is 0.873. The predicted molar refractivity (Wildman–Crippen MR) is 32.8 cm³/mol. The van der Waals surface area contributed by atoms with Crippen molar-refractivity contribution < 1.29 is 9.63 Å². The summed E-state index contributed by atoms with van der Waals surface area (Å²) >= 11 is 0. The topological polar surface area (TPSA) is 29.5 Å². The molecule has 0 radical (unpaired) electrons. The Morgan fingerprint density at radius 3 is 3.00 bits per heavy atom. The summed E-state index contributed by atoms with van der Waals surface area (Å²) in [6, 6.07) is 0. The third-order valence-corrected chi connectivity index (χ3v) is 1.29. The molecule has 1 saturated heterocycles. The highest BCUT2D eigenvalue weighted by atomic mass is 16.7. The van der Waals surface area contributed by atoms with Gasteiger partial charge in [0.25, 0.3) is 0 Å². The summed E-state index contributed by atoms with van der Waals surface area (Å²) in [5.41, 5.74) is 0. The van der Waals surface area contributed by atoms with Crippen LogP contribution in [0.25, 0.3) is 0 Å². The van der Waals surface area contributed by atoms with Crippen LogP contribution in [-0.2, 0) is 9.63 Å². The van der Waals surface area contributed by atoms with Gasteiger partial charge in [0.1, 0.15) is 6.29 Å². The van der Waals surface area contributed by atoms with E-state index in [1.807, 2.05) is 6.92 Å². The maximum absolute atomic E-state index is 9.85. The first-order chi connectivity index (χ1) is 4.33. The van der Waals surface area contributed by atoms with Crippen LogP contribution >= 0.6 is 0 Å². The number of nitrogens with zero attached hydrogens (tertiary/aromatic N) is 1. The summed E-state index contributed by atoms with van der Waals surface area (Å²) in [6.45, 7) is 3.72. The average Bonchev–Trinajstić information content (AvgIpc) is 1.78. The van der Waals surface area contributed by atoms with Gasteiger partial charge < -0.3 is 4.79 Å². The van der Waals surface area contributed by atoms with Gasteiger partial charge in [-0.3, -0.25) is 4.84 Å². The van der Waals surface area contributed by atoms with Crippen LogP contribution in [-0.4, -0.2) is 30.5 Å². The van der Waals surface area contributed by atoms with Crippen LogP contribution in [0.4, 0.5) is 0 Å². The second-order valence-electron chi connectivity index (χ2n) is 2.26. The second kappa shape index (κ2) is 2.94. The van der Waals surface area contributed by atoms with Crippen LogP contribution in [0.15, 0.2) is 0 Å². The highest BCUT2D eigenvalue weighted by Gasteiger charge is 2.22. The molecule has 1 fully saturated rings. The molecule has 52 valence electrons. The van der Waals surface area contributed by atoms with E-state index < -0.39 is 0 Å². The molecule has 1 atom stereocenters. The molecule has 1 unspecified atom stereocenters. The quantitative estimate of drug-likeness (QED) is 0.510. The Kier molecular flexibility index (Phi) is 2.19. The second-order valence-corrected chi connectivity index (χ2v) is 2.26. The fraction of sp³-hybridized carbons (Fsp3) is 0.833. The number of hydroxylamine groups is 2. The van der Waals surface area contributed by atoms with Crippen molar-refractivity contribution in [3.63, 3.8) is 0 Å². The van der Waals surface area contributed by atoms with Crippen molar-refractivity contribution in [2.75, 3.05) is 13.1 Å². The van der Waals surface area contributed by atoms with E-state index in [0.29, 0.717) is 12.5 Å². The summed E-state index contributed by atoms with van der Waals surface area (Å²) in [6.07, 6.45) is 1.84. The van der Waals surface area contributed by atoms with Gasteiger partial charge >= 0.3 is 0 Å². The lowest BCUT2D eigenvalue weighted by molar-refractivity contribution is -0.289. The minimum Gasteiger partial charge on any atom is -0.303 e. The monoisotopic (exact) mass is 129 g/mol. The van der Waals surface area contributed by atoms with Crippen LogP contribution in [0, 0.1) is 0 Å². The molecule has 1 aliphatic heterocycles. The molecule has 1 rings (SSSR count). The van der Waals surface area contributed by atoms with Crippen molar-refractivity contribution >= 4 is 6.29 Å². The fourth-order valence-electron chi connectivity index (χ4n) is 0.873. The summed E-state index contributed by atoms with van der Waals surface area (Å²) in [5, 5.41) is 1.80. The van der Waals surface area contributed by atoms with Gasteiger partial charge in [0.2, 0.25) is 0 Å². The van der Waals surface area contributed by atoms with Crippen LogP contribution in [0.2, 0.25) is 0 Å². The van der Waals surface area contributed by atoms with E-state index >= 15 is 0 Å². The summed E-state index contributed by atoms with van der Waals surface area (Å²) in [5.74, 6) is 0. The molecule has 1 heterocycles. The van der Waals surface area contributed by atoms with Gasteiger partial charge in [0.15, 0.2) is 0 Å². The average molecular weight is 129 g/mol. The summed E-state index contributed by atoms with van der Waals surface area (Å²) in [7, 11) is 0. The molecule has 9 heavy (non-hydrogen) atoms. The predicted octanol–water partition coefficient (Wildman–Crippen LogP) is 0.211. The minimum atomic E-state index is 0.358. The molecule has 0 aromatic heterocycles. The molecule has 0 spiro atoms. The molecule has 0 aromatic rings. The number of hydrogen-bond acceptors (Lipinski definition) is 3. The van der Waals surface area contributed by atoms with Crippen molar-refractivity contribution in [3.8, 4) is 0 Å². The SMILES string of the molecule is CC1CN(CCC=O)O1. The minimum absolute atomic E-state index is 0.358. The molecule has 0 aliphatic carbocycles. The van der Waals surface area contributed by atoms with E-state index in [1.165, 1.54) is 0 Å². The smallest absolute Gasteiger partial charge is 0.121 e. The number of carbonyl (C=O) groups is 1. The number of aldehydes is 1. The first kappa shape index (κ1) is 6.71. The van der Waals surface area contributed by atoms with E-state index in [1.54, 1.807) is 5.06 Å². The molecule has 3 heteroatoms. The van der Waals surface area contributed by atoms with Crippen LogP contribution in [0.5, 0.6) is 0 Å². The van der Waals surface area contributed by atoms with Crippen molar-refractivity contribution in [2.45, 2.75) is 19.4 Å². The zero-order valence-corrected chi connectivity index (χ0v) is 5.54. The summed E-state index contributed by atoms with van der Waals surface area (Å²) < 4.78 is 0. The van der Waals surface area contributed by atoms with Crippen LogP contribution in [0.1, 0.15) is 13.3 Å². The van der Waals surface area contributed by atoms with Gasteiger partial charge in [0.05, 0.1) is 12.6 Å². The third kappa shape index (κ3) is 1.77. The Bertz CT molecular complexity index is 99.2. The Hall–Kier alpha value is -0.410. The Morgan fingerprint density at radius 1 is 1.89 bits per heavy atom. The van der Waals surface area contributed by atoms with Gasteiger partial charge in [-0.1, -0.05) is 0 Å². The Labute approximate surface area is 54.5 Å². The zero-order chi connectivity index (χ0) is 6.69. The Balaban J connectivity index is 1.97. The highest BCUT2D eigenvalue weighted by molar-refractivity contribution is 5.49. The van der Waals surface area contributed by atoms with E-state index in [0.717, 1.165) is 19.4 Å². The molecule has 0 aromatic carbocycles. The molecular weight excluding hydrogens is 118 g/mol. The number of hydrogen-bond donors (Lipinski definition) is 0. The first-order valence-corrected chi connectivity index (χ1v) is 3.18. The maximum Gasteiger partial charge on any atom is 0.121 e. The number of carbonyl (C=O) groups excluding carboxylic acids is 1. The standard InChI is InChI=1S/C6H11NO2/c1-6-5-7(9-6)3-2-4-8/h4,6H,2-3,5H2,1H3. The zero-order valence-electron chi connectivity index (χ0n) is 5.54. The van der Waals surface area contributed by atoms with Crippen LogP contribution < -0.4 is 0 Å². The summed E-state index contributed by atoms with van der Waals surface area (Å²) in [4.78, 5) is 15.0. The molecular formula is C6H11NO2. The van der Waals surface area contributed by atoms with E-state index in [-0.39, 0.29) is 0 Å². The van der Waals surface area contributed by atoms with Crippen molar-refractivity contribution in [3.05, 3.63) is 0 Å². The van der Waals surface area contributed by atoms with Crippen LogP contribution in [0.3, 0.4) is 0 Å². The van der Waals surface area contributed by atoms with E-state index in [4.69, 9.17) is 4.84 Å². The largest absolute Gasteiger partial charge is 0.303 e. The van der Waals surface area contributed by atoms with Gasteiger partial charge in [-0.15, -0.1) is 0 Å². The highest BCUT2D eigenvalue weighted by Crippen LogP contribution is 2.10. The first-order valence-electron chi connectivity index (χ1n) is 3.18.